The molecule has 0 aliphatic carbocycles. The Hall–Kier alpha value is -2.43. The van der Waals surface area contributed by atoms with Crippen LogP contribution < -0.4 is 15.2 Å². The van der Waals surface area contributed by atoms with Crippen LogP contribution in [0.5, 0.6) is 5.75 Å². The number of nitrogens with one attached hydrogen (secondary N) is 1. The number of nitrogens with two attached hydrogens (primary N) is 1. The Morgan fingerprint density at radius 3 is 2.59 bits per heavy atom. The number of carbonyl (C=O) groups is 2. The smallest absolute Gasteiger partial charge is 0.339 e. The van der Waals surface area contributed by atoms with Crippen LogP contribution in [0.2, 0.25) is 0 Å². The zero-order valence-electron chi connectivity index (χ0n) is 14.3. The Morgan fingerprint density at radius 2 is 1.93 bits per heavy atom. The van der Waals surface area contributed by atoms with E-state index < -0.39 is 28.5 Å². The van der Waals surface area contributed by atoms with E-state index in [9.17, 15) is 18.0 Å². The van der Waals surface area contributed by atoms with Crippen molar-refractivity contribution >= 4 is 37.8 Å². The van der Waals surface area contributed by atoms with Gasteiger partial charge in [-0.25, -0.2) is 18.4 Å². The highest BCUT2D eigenvalue weighted by atomic mass is 79.9. The van der Waals surface area contributed by atoms with E-state index in [4.69, 9.17) is 14.6 Å². The molecule has 0 atom stereocenters. The van der Waals surface area contributed by atoms with Gasteiger partial charge >= 0.3 is 5.97 Å². The van der Waals surface area contributed by atoms with Crippen molar-refractivity contribution in [1.29, 1.82) is 0 Å². The Balaban J connectivity index is 1.94. The zero-order chi connectivity index (χ0) is 20.0. The summed E-state index contributed by atoms with van der Waals surface area (Å²) in [5, 5.41) is 7.65. The van der Waals surface area contributed by atoms with Gasteiger partial charge in [0.1, 0.15) is 5.75 Å². The highest BCUT2D eigenvalue weighted by molar-refractivity contribution is 9.10. The predicted octanol–water partition coefficient (Wildman–Crippen LogP) is 1.58. The van der Waals surface area contributed by atoms with Crippen LogP contribution in [0.3, 0.4) is 0 Å². The molecule has 0 heterocycles. The van der Waals surface area contributed by atoms with Crippen LogP contribution in [0.4, 0.5) is 0 Å². The Bertz CT molecular complexity index is 962. The fourth-order valence-electron chi connectivity index (χ4n) is 2.08. The maximum atomic E-state index is 12.1. The molecule has 0 saturated carbocycles. The van der Waals surface area contributed by atoms with E-state index in [2.05, 4.69) is 21.2 Å². The Labute approximate surface area is 164 Å². The average Bonchev–Trinajstić information content (AvgIpc) is 2.64. The SMILES string of the molecule is COc1cccc(CNC(=O)COC(=O)c2cc(S(N)(=O)=O)ccc2Br)c1. The normalized spacial score (nSPS) is 10.9. The number of halogens is 1. The Kier molecular flexibility index (Phi) is 6.94. The van der Waals surface area contributed by atoms with Gasteiger partial charge in [-0.15, -0.1) is 0 Å². The van der Waals surface area contributed by atoms with E-state index in [1.54, 1.807) is 25.3 Å². The van der Waals surface area contributed by atoms with Gasteiger partial charge in [0.05, 0.1) is 17.6 Å². The molecule has 10 heteroatoms. The topological polar surface area (TPSA) is 125 Å². The molecule has 0 unspecified atom stereocenters. The number of hydrogen-bond donors (Lipinski definition) is 2. The van der Waals surface area contributed by atoms with Crippen molar-refractivity contribution in [2.45, 2.75) is 11.4 Å². The first kappa shape index (κ1) is 20.9. The minimum atomic E-state index is -3.97. The van der Waals surface area contributed by atoms with E-state index in [1.165, 1.54) is 12.1 Å². The number of carbonyl (C=O) groups excluding carboxylic acids is 2. The van der Waals surface area contributed by atoms with E-state index >= 15 is 0 Å². The van der Waals surface area contributed by atoms with Crippen molar-refractivity contribution in [3.05, 3.63) is 58.1 Å². The molecule has 144 valence electrons. The first-order chi connectivity index (χ1) is 12.7. The highest BCUT2D eigenvalue weighted by Gasteiger charge is 2.17. The maximum Gasteiger partial charge on any atom is 0.339 e. The molecule has 0 aromatic heterocycles. The van der Waals surface area contributed by atoms with Gasteiger partial charge in [-0.3, -0.25) is 4.79 Å². The third-order valence-corrected chi connectivity index (χ3v) is 5.05. The minimum absolute atomic E-state index is 0.0536. The lowest BCUT2D eigenvalue weighted by atomic mass is 10.2. The summed E-state index contributed by atoms with van der Waals surface area (Å²) in [5.74, 6) is -0.707. The highest BCUT2D eigenvalue weighted by Crippen LogP contribution is 2.21. The molecule has 0 spiro atoms. The number of esters is 1. The van der Waals surface area contributed by atoms with Crippen LogP contribution in [0.25, 0.3) is 0 Å². The first-order valence-corrected chi connectivity index (χ1v) is 9.93. The predicted molar refractivity (Wildman–Crippen MR) is 101 cm³/mol. The van der Waals surface area contributed by atoms with Gasteiger partial charge in [0.2, 0.25) is 10.0 Å². The molecular weight excluding hydrogens is 440 g/mol. The van der Waals surface area contributed by atoms with Gasteiger partial charge in [-0.05, 0) is 51.8 Å². The molecule has 1 amide bonds. The molecule has 0 radical (unpaired) electrons. The van der Waals surface area contributed by atoms with Crippen LogP contribution in [0.15, 0.2) is 51.8 Å². The molecule has 0 aliphatic heterocycles. The zero-order valence-corrected chi connectivity index (χ0v) is 16.7. The Morgan fingerprint density at radius 1 is 1.19 bits per heavy atom. The second-order valence-corrected chi connectivity index (χ2v) is 7.81. The van der Waals surface area contributed by atoms with Gasteiger partial charge in [-0.1, -0.05) is 12.1 Å². The maximum absolute atomic E-state index is 12.1. The third-order valence-electron chi connectivity index (χ3n) is 3.44. The van der Waals surface area contributed by atoms with E-state index in [-0.39, 0.29) is 17.0 Å². The fourth-order valence-corrected chi connectivity index (χ4v) is 3.03. The van der Waals surface area contributed by atoms with Crippen molar-refractivity contribution in [2.24, 2.45) is 5.14 Å². The van der Waals surface area contributed by atoms with Crippen LogP contribution in [-0.2, 0) is 26.1 Å². The number of benzene rings is 2. The summed E-state index contributed by atoms with van der Waals surface area (Å²) in [6, 6.07) is 10.8. The number of methoxy groups -OCH3 is 1. The van der Waals surface area contributed by atoms with Crippen molar-refractivity contribution in [1.82, 2.24) is 5.32 Å². The van der Waals surface area contributed by atoms with Crippen LogP contribution in [0, 0.1) is 0 Å². The quantitative estimate of drug-likeness (QED) is 0.609. The molecular formula is C17H17BrN2O6S. The van der Waals surface area contributed by atoms with Crippen LogP contribution >= 0.6 is 15.9 Å². The molecule has 27 heavy (non-hydrogen) atoms. The lowest BCUT2D eigenvalue weighted by molar-refractivity contribution is -0.124. The van der Waals surface area contributed by atoms with E-state index in [1.807, 2.05) is 6.07 Å². The number of hydrogen-bond acceptors (Lipinski definition) is 6. The summed E-state index contributed by atoms with van der Waals surface area (Å²) in [6.07, 6.45) is 0. The number of sulfonamides is 1. The first-order valence-electron chi connectivity index (χ1n) is 7.60. The minimum Gasteiger partial charge on any atom is -0.497 e. The van der Waals surface area contributed by atoms with Crippen molar-refractivity contribution in [3.8, 4) is 5.75 Å². The summed E-state index contributed by atoms with van der Waals surface area (Å²) in [5.41, 5.74) is 0.764. The lowest BCUT2D eigenvalue weighted by Gasteiger charge is -2.09. The molecule has 3 N–H and O–H groups in total. The number of primary sulfonamides is 1. The van der Waals surface area contributed by atoms with E-state index in [0.717, 1.165) is 11.6 Å². The van der Waals surface area contributed by atoms with E-state index in [0.29, 0.717) is 10.2 Å². The molecule has 2 rings (SSSR count). The van der Waals surface area contributed by atoms with Gasteiger partial charge in [0.15, 0.2) is 6.61 Å². The molecule has 0 saturated heterocycles. The molecule has 0 aliphatic rings. The van der Waals surface area contributed by atoms with Gasteiger partial charge in [0.25, 0.3) is 5.91 Å². The van der Waals surface area contributed by atoms with Gasteiger partial charge in [0, 0.05) is 11.0 Å². The molecule has 2 aromatic rings. The number of amides is 1. The lowest BCUT2D eigenvalue weighted by Crippen LogP contribution is -2.28. The average molecular weight is 457 g/mol. The standard InChI is InChI=1S/C17H17BrN2O6S/c1-25-12-4-2-3-11(7-12)9-20-16(21)10-26-17(22)14-8-13(27(19,23)24)5-6-15(14)18/h2-8H,9-10H2,1H3,(H,20,21)(H2,19,23,24). The second kappa shape index (κ2) is 8.98. The molecule has 8 nitrogen and oxygen atoms in total. The molecule has 0 fully saturated rings. The monoisotopic (exact) mass is 456 g/mol. The second-order valence-electron chi connectivity index (χ2n) is 5.39. The van der Waals surface area contributed by atoms with Crippen molar-refractivity contribution < 1.29 is 27.5 Å². The third kappa shape index (κ3) is 6.05. The van der Waals surface area contributed by atoms with Crippen molar-refractivity contribution in [2.75, 3.05) is 13.7 Å². The summed E-state index contributed by atoms with van der Waals surface area (Å²) in [6.45, 7) is -0.285. The van der Waals surface area contributed by atoms with Crippen LogP contribution in [0.1, 0.15) is 15.9 Å². The molecule has 2 aromatic carbocycles. The van der Waals surface area contributed by atoms with Gasteiger partial charge < -0.3 is 14.8 Å². The number of ether oxygens (including phenoxy) is 2. The van der Waals surface area contributed by atoms with Crippen molar-refractivity contribution in [3.63, 3.8) is 0 Å². The van der Waals surface area contributed by atoms with Gasteiger partial charge in [-0.2, -0.15) is 0 Å². The largest absolute Gasteiger partial charge is 0.497 e. The number of rotatable bonds is 7. The van der Waals surface area contributed by atoms with Crippen LogP contribution in [-0.4, -0.2) is 34.0 Å². The summed E-state index contributed by atoms with van der Waals surface area (Å²) < 4.78 is 33.1. The summed E-state index contributed by atoms with van der Waals surface area (Å²) in [7, 11) is -2.43. The summed E-state index contributed by atoms with van der Waals surface area (Å²) in [4.78, 5) is 23.8. The fraction of sp³-hybridized carbons (Fsp3) is 0.176. The molecule has 0 bridgehead atoms. The summed E-state index contributed by atoms with van der Waals surface area (Å²) >= 11 is 3.13.